The van der Waals surface area contributed by atoms with Crippen LogP contribution >= 0.6 is 12.4 Å². The molecule has 23 heavy (non-hydrogen) atoms. The number of hydrogen-bond donors (Lipinski definition) is 2. The van der Waals surface area contributed by atoms with E-state index in [1.807, 2.05) is 18.2 Å². The Morgan fingerprint density at radius 1 is 1.35 bits per heavy atom. The number of ether oxygens (including phenoxy) is 2. The number of fused-ring (bicyclic) bond motifs is 1. The van der Waals surface area contributed by atoms with E-state index in [2.05, 4.69) is 10.6 Å². The number of carbonyl (C=O) groups excluding carboxylic acids is 1. The van der Waals surface area contributed by atoms with Gasteiger partial charge in [-0.1, -0.05) is 12.1 Å². The van der Waals surface area contributed by atoms with Crippen molar-refractivity contribution < 1.29 is 23.0 Å². The average Bonchev–Trinajstić information content (AvgIpc) is 2.72. The first kappa shape index (κ1) is 17.7. The van der Waals surface area contributed by atoms with Gasteiger partial charge in [0, 0.05) is 24.9 Å². The van der Waals surface area contributed by atoms with Gasteiger partial charge in [0.05, 0.1) is 25.8 Å². The molecule has 8 heteroatoms. The van der Waals surface area contributed by atoms with Crippen molar-refractivity contribution in [1.82, 2.24) is 10.6 Å². The second-order valence-corrected chi connectivity index (χ2v) is 5.51. The highest BCUT2D eigenvalue weighted by Gasteiger charge is 2.42. The predicted octanol–water partition coefficient (Wildman–Crippen LogP) is 1.88. The van der Waals surface area contributed by atoms with Gasteiger partial charge in [-0.15, -0.1) is 12.4 Å². The van der Waals surface area contributed by atoms with Crippen molar-refractivity contribution in [2.24, 2.45) is 0 Å². The Kier molecular flexibility index (Phi) is 5.64. The summed E-state index contributed by atoms with van der Waals surface area (Å²) in [7, 11) is 0. The third-order valence-electron chi connectivity index (χ3n) is 3.73. The van der Waals surface area contributed by atoms with E-state index in [1.54, 1.807) is 0 Å². The third kappa shape index (κ3) is 4.23. The fraction of sp³-hybridized carbons (Fsp3) is 0.533. The molecule has 0 radical (unpaired) electrons. The van der Waals surface area contributed by atoms with Gasteiger partial charge in [0.2, 0.25) is 5.91 Å². The number of halogens is 3. The topological polar surface area (TPSA) is 59.6 Å². The summed E-state index contributed by atoms with van der Waals surface area (Å²) in [6.07, 6.45) is 0.326. The molecule has 0 aliphatic carbocycles. The SMILES string of the molecule is Cl.O=C(NCc1cccc2c1OCCCO2)C1CC(F)(F)CN1. The van der Waals surface area contributed by atoms with E-state index in [1.165, 1.54) is 0 Å². The number of carbonyl (C=O) groups is 1. The Labute approximate surface area is 139 Å². The molecule has 1 fully saturated rings. The van der Waals surface area contributed by atoms with Crippen molar-refractivity contribution in [2.45, 2.75) is 31.4 Å². The highest BCUT2D eigenvalue weighted by atomic mass is 35.5. The summed E-state index contributed by atoms with van der Waals surface area (Å²) in [4.78, 5) is 12.0. The van der Waals surface area contributed by atoms with Gasteiger partial charge in [-0.2, -0.15) is 0 Å². The first-order valence-electron chi connectivity index (χ1n) is 7.32. The van der Waals surface area contributed by atoms with Crippen molar-refractivity contribution in [3.63, 3.8) is 0 Å². The fourth-order valence-corrected chi connectivity index (χ4v) is 2.60. The van der Waals surface area contributed by atoms with E-state index >= 15 is 0 Å². The maximum atomic E-state index is 13.1. The van der Waals surface area contributed by atoms with Crippen LogP contribution in [0.1, 0.15) is 18.4 Å². The smallest absolute Gasteiger partial charge is 0.262 e. The van der Waals surface area contributed by atoms with Crippen LogP contribution in [0.5, 0.6) is 11.5 Å². The van der Waals surface area contributed by atoms with Gasteiger partial charge in [0.1, 0.15) is 0 Å². The molecule has 3 rings (SSSR count). The molecule has 0 spiro atoms. The number of alkyl halides is 2. The van der Waals surface area contributed by atoms with Gasteiger partial charge in [0.15, 0.2) is 11.5 Å². The molecule has 2 aliphatic heterocycles. The lowest BCUT2D eigenvalue weighted by Gasteiger charge is -2.15. The number of hydrogen-bond acceptors (Lipinski definition) is 4. The molecule has 2 aliphatic rings. The first-order valence-corrected chi connectivity index (χ1v) is 7.32. The average molecular weight is 349 g/mol. The van der Waals surface area contributed by atoms with Crippen molar-refractivity contribution >= 4 is 18.3 Å². The maximum Gasteiger partial charge on any atom is 0.262 e. The van der Waals surface area contributed by atoms with Crippen LogP contribution in [0.2, 0.25) is 0 Å². The van der Waals surface area contributed by atoms with E-state index in [4.69, 9.17) is 9.47 Å². The van der Waals surface area contributed by atoms with Gasteiger partial charge in [-0.05, 0) is 6.07 Å². The normalized spacial score (nSPS) is 21.9. The molecule has 2 N–H and O–H groups in total. The Morgan fingerprint density at radius 2 is 2.13 bits per heavy atom. The van der Waals surface area contributed by atoms with Gasteiger partial charge in [-0.25, -0.2) is 8.78 Å². The van der Waals surface area contributed by atoms with Gasteiger partial charge in [0.25, 0.3) is 5.92 Å². The summed E-state index contributed by atoms with van der Waals surface area (Å²) >= 11 is 0. The van der Waals surface area contributed by atoms with Crippen LogP contribution in [0, 0.1) is 0 Å². The molecule has 0 bridgehead atoms. The predicted molar refractivity (Wildman–Crippen MR) is 82.5 cm³/mol. The number of benzene rings is 1. The molecule has 0 saturated carbocycles. The Morgan fingerprint density at radius 3 is 2.87 bits per heavy atom. The lowest BCUT2D eigenvalue weighted by atomic mass is 10.1. The minimum Gasteiger partial charge on any atom is -0.490 e. The van der Waals surface area contributed by atoms with Crippen LogP contribution in [0.4, 0.5) is 8.78 Å². The summed E-state index contributed by atoms with van der Waals surface area (Å²) in [6, 6.07) is 4.60. The maximum absolute atomic E-state index is 13.1. The van der Waals surface area contributed by atoms with E-state index in [-0.39, 0.29) is 19.0 Å². The standard InChI is InChI=1S/C15H18F2N2O3.ClH/c16-15(17)7-11(19-9-15)14(20)18-8-10-3-1-4-12-13(10)22-6-2-5-21-12;/h1,3-4,11,19H,2,5-9H2,(H,18,20);1H. The molecule has 128 valence electrons. The van der Waals surface area contributed by atoms with Crippen LogP contribution in [-0.2, 0) is 11.3 Å². The third-order valence-corrected chi connectivity index (χ3v) is 3.73. The van der Waals surface area contributed by atoms with Crippen LogP contribution in [0.15, 0.2) is 18.2 Å². The van der Waals surface area contributed by atoms with Crippen LogP contribution in [0.25, 0.3) is 0 Å². The van der Waals surface area contributed by atoms with Crippen LogP contribution in [-0.4, -0.2) is 37.6 Å². The molecule has 1 atom stereocenters. The molecular formula is C15H19ClF2N2O3. The number of amides is 1. The van der Waals surface area contributed by atoms with Crippen molar-refractivity contribution in [2.75, 3.05) is 19.8 Å². The summed E-state index contributed by atoms with van der Waals surface area (Å²) in [5, 5.41) is 5.22. The highest BCUT2D eigenvalue weighted by molar-refractivity contribution is 5.85. The molecule has 1 aromatic rings. The van der Waals surface area contributed by atoms with E-state index < -0.39 is 30.8 Å². The van der Waals surface area contributed by atoms with Crippen molar-refractivity contribution in [3.05, 3.63) is 23.8 Å². The molecule has 1 saturated heterocycles. The number of nitrogens with one attached hydrogen (secondary N) is 2. The second kappa shape index (κ2) is 7.31. The lowest BCUT2D eigenvalue weighted by molar-refractivity contribution is -0.123. The molecular weight excluding hydrogens is 330 g/mol. The van der Waals surface area contributed by atoms with Gasteiger partial charge < -0.3 is 14.8 Å². The molecule has 1 aromatic carbocycles. The minimum absolute atomic E-state index is 0. The zero-order valence-corrected chi connectivity index (χ0v) is 13.3. The minimum atomic E-state index is -2.82. The van der Waals surface area contributed by atoms with Gasteiger partial charge >= 0.3 is 0 Å². The van der Waals surface area contributed by atoms with Crippen molar-refractivity contribution in [3.8, 4) is 11.5 Å². The molecule has 1 amide bonds. The van der Waals surface area contributed by atoms with Crippen molar-refractivity contribution in [1.29, 1.82) is 0 Å². The Balaban J connectivity index is 0.00000192. The van der Waals surface area contributed by atoms with E-state index in [9.17, 15) is 13.6 Å². The van der Waals surface area contributed by atoms with E-state index in [0.29, 0.717) is 24.7 Å². The molecule has 0 aromatic heterocycles. The van der Waals surface area contributed by atoms with Crippen LogP contribution < -0.4 is 20.1 Å². The molecule has 1 unspecified atom stereocenters. The summed E-state index contributed by atoms with van der Waals surface area (Å²) in [5.74, 6) is -1.98. The lowest BCUT2D eigenvalue weighted by Crippen LogP contribution is -2.40. The Hall–Kier alpha value is -1.60. The zero-order valence-electron chi connectivity index (χ0n) is 12.4. The highest BCUT2D eigenvalue weighted by Crippen LogP contribution is 2.33. The van der Waals surface area contributed by atoms with Crippen LogP contribution in [0.3, 0.4) is 0 Å². The first-order chi connectivity index (χ1) is 10.6. The summed E-state index contributed by atoms with van der Waals surface area (Å²) < 4.78 is 37.5. The quantitative estimate of drug-likeness (QED) is 0.875. The largest absolute Gasteiger partial charge is 0.490 e. The fourth-order valence-electron chi connectivity index (χ4n) is 2.60. The summed E-state index contributed by atoms with van der Waals surface area (Å²) in [6.45, 7) is 0.899. The second-order valence-electron chi connectivity index (χ2n) is 5.51. The molecule has 2 heterocycles. The Bertz CT molecular complexity index is 572. The van der Waals surface area contributed by atoms with E-state index in [0.717, 1.165) is 12.0 Å². The summed E-state index contributed by atoms with van der Waals surface area (Å²) in [5.41, 5.74) is 0.775. The number of para-hydroxylation sites is 1. The number of rotatable bonds is 3. The van der Waals surface area contributed by atoms with Gasteiger partial charge in [-0.3, -0.25) is 10.1 Å². The zero-order chi connectivity index (χ0) is 15.6. The molecule has 5 nitrogen and oxygen atoms in total. The monoisotopic (exact) mass is 348 g/mol.